The number of para-hydroxylation sites is 2. The van der Waals surface area contributed by atoms with Gasteiger partial charge in [0.25, 0.3) is 11.8 Å². The summed E-state index contributed by atoms with van der Waals surface area (Å²) in [6.45, 7) is 0. The molecule has 28 heavy (non-hydrogen) atoms. The summed E-state index contributed by atoms with van der Waals surface area (Å²) in [5.74, 6) is 0.0851. The number of nitrogens with one attached hydrogen (secondary N) is 1. The van der Waals surface area contributed by atoms with Gasteiger partial charge >= 0.3 is 0 Å². The van der Waals surface area contributed by atoms with Crippen molar-refractivity contribution >= 4 is 17.5 Å². The van der Waals surface area contributed by atoms with Crippen LogP contribution >= 0.6 is 0 Å². The number of hydrogen-bond donors (Lipinski definition) is 1. The maximum absolute atomic E-state index is 12.6. The van der Waals surface area contributed by atoms with E-state index in [0.717, 1.165) is 5.56 Å². The van der Waals surface area contributed by atoms with E-state index in [0.29, 0.717) is 22.7 Å². The van der Waals surface area contributed by atoms with Gasteiger partial charge in [-0.3, -0.25) is 14.6 Å². The third-order valence-electron chi connectivity index (χ3n) is 4.06. The molecule has 0 aliphatic rings. The number of benzene rings is 2. The van der Waals surface area contributed by atoms with Gasteiger partial charge in [0.05, 0.1) is 30.9 Å². The lowest BCUT2D eigenvalue weighted by atomic mass is 10.1. The van der Waals surface area contributed by atoms with Crippen LogP contribution in [-0.4, -0.2) is 47.9 Å². The Balaban J connectivity index is 1.82. The van der Waals surface area contributed by atoms with Gasteiger partial charge < -0.3 is 15.0 Å². The summed E-state index contributed by atoms with van der Waals surface area (Å²) in [5.41, 5.74) is 2.60. The fourth-order valence-electron chi connectivity index (χ4n) is 2.59. The maximum atomic E-state index is 12.6. The Morgan fingerprint density at radius 2 is 1.71 bits per heavy atom. The van der Waals surface area contributed by atoms with Gasteiger partial charge in [0.2, 0.25) is 0 Å². The first-order valence-electron chi connectivity index (χ1n) is 8.58. The summed E-state index contributed by atoms with van der Waals surface area (Å²) in [5, 5.41) is 2.78. The molecule has 1 N–H and O–H groups in total. The van der Waals surface area contributed by atoms with Crippen molar-refractivity contribution in [3.63, 3.8) is 0 Å². The van der Waals surface area contributed by atoms with Crippen LogP contribution in [0.2, 0.25) is 0 Å². The number of methoxy groups -OCH3 is 1. The molecule has 0 bridgehead atoms. The highest BCUT2D eigenvalue weighted by Gasteiger charge is 2.13. The monoisotopic (exact) mass is 376 g/mol. The smallest absolute Gasteiger partial charge is 0.275 e. The highest BCUT2D eigenvalue weighted by Crippen LogP contribution is 2.24. The molecule has 0 aliphatic heterocycles. The SMILES string of the molecule is COc1ccccc1NC(=O)c1cncc(-c2ccc(C(=O)N(C)C)cc2)n1. The first-order chi connectivity index (χ1) is 13.5. The lowest BCUT2D eigenvalue weighted by Crippen LogP contribution is -2.21. The zero-order valence-corrected chi connectivity index (χ0v) is 15.8. The van der Waals surface area contributed by atoms with E-state index in [1.807, 2.05) is 6.07 Å². The average molecular weight is 376 g/mol. The van der Waals surface area contributed by atoms with Crippen molar-refractivity contribution in [1.82, 2.24) is 14.9 Å². The fraction of sp³-hybridized carbons (Fsp3) is 0.143. The second-order valence-corrected chi connectivity index (χ2v) is 6.22. The van der Waals surface area contributed by atoms with Gasteiger partial charge in [-0.1, -0.05) is 24.3 Å². The molecule has 3 rings (SSSR count). The molecule has 3 aromatic rings. The number of carbonyl (C=O) groups is 2. The molecule has 1 aromatic heterocycles. The highest BCUT2D eigenvalue weighted by molar-refractivity contribution is 6.03. The number of rotatable bonds is 5. The van der Waals surface area contributed by atoms with E-state index in [1.54, 1.807) is 62.8 Å². The lowest BCUT2D eigenvalue weighted by molar-refractivity contribution is 0.0827. The quantitative estimate of drug-likeness (QED) is 0.740. The number of anilines is 1. The fourth-order valence-corrected chi connectivity index (χ4v) is 2.59. The molecule has 0 atom stereocenters. The minimum Gasteiger partial charge on any atom is -0.495 e. The van der Waals surface area contributed by atoms with Crippen molar-refractivity contribution in [3.8, 4) is 17.0 Å². The first kappa shape index (κ1) is 19.0. The minimum atomic E-state index is -0.391. The first-order valence-corrected chi connectivity index (χ1v) is 8.58. The van der Waals surface area contributed by atoms with Crippen LogP contribution < -0.4 is 10.1 Å². The van der Waals surface area contributed by atoms with Crippen LogP contribution in [0.3, 0.4) is 0 Å². The van der Waals surface area contributed by atoms with E-state index >= 15 is 0 Å². The standard InChI is InChI=1S/C21H20N4O3/c1-25(2)21(27)15-10-8-14(9-11-15)17-12-22-13-18(23-17)20(26)24-16-6-4-5-7-19(16)28-3/h4-13H,1-3H3,(H,24,26). The Morgan fingerprint density at radius 3 is 2.39 bits per heavy atom. The molecule has 0 radical (unpaired) electrons. The normalized spacial score (nSPS) is 10.2. The molecule has 0 fully saturated rings. The number of aromatic nitrogens is 2. The lowest BCUT2D eigenvalue weighted by Gasteiger charge is -2.11. The summed E-state index contributed by atoms with van der Waals surface area (Å²) in [7, 11) is 4.94. The third-order valence-corrected chi connectivity index (χ3v) is 4.06. The van der Waals surface area contributed by atoms with Crippen molar-refractivity contribution in [1.29, 1.82) is 0 Å². The molecule has 7 heteroatoms. The van der Waals surface area contributed by atoms with E-state index < -0.39 is 5.91 Å². The summed E-state index contributed by atoms with van der Waals surface area (Å²) in [6, 6.07) is 14.1. The van der Waals surface area contributed by atoms with Crippen LogP contribution in [0.25, 0.3) is 11.3 Å². The molecule has 2 aromatic carbocycles. The number of hydrogen-bond acceptors (Lipinski definition) is 5. The molecule has 142 valence electrons. The molecular weight excluding hydrogens is 356 g/mol. The predicted octanol–water partition coefficient (Wildman–Crippen LogP) is 3.11. The molecule has 0 spiro atoms. The van der Waals surface area contributed by atoms with Crippen molar-refractivity contribution < 1.29 is 14.3 Å². The number of amides is 2. The summed E-state index contributed by atoms with van der Waals surface area (Å²) in [4.78, 5) is 34.6. The molecular formula is C21H20N4O3. The zero-order chi connectivity index (χ0) is 20.1. The Kier molecular flexibility index (Phi) is 5.64. The Labute approximate surface area is 163 Å². The van der Waals surface area contributed by atoms with E-state index in [1.165, 1.54) is 18.2 Å². The van der Waals surface area contributed by atoms with Crippen LogP contribution in [0.1, 0.15) is 20.8 Å². The Hall–Kier alpha value is -3.74. The summed E-state index contributed by atoms with van der Waals surface area (Å²) >= 11 is 0. The number of carbonyl (C=O) groups excluding carboxylic acids is 2. The van der Waals surface area contributed by atoms with Crippen LogP contribution in [0, 0.1) is 0 Å². The molecule has 7 nitrogen and oxygen atoms in total. The summed E-state index contributed by atoms with van der Waals surface area (Å²) in [6.07, 6.45) is 2.97. The molecule has 1 heterocycles. The second-order valence-electron chi connectivity index (χ2n) is 6.22. The molecule has 2 amide bonds. The molecule has 0 unspecified atom stereocenters. The van der Waals surface area contributed by atoms with Crippen LogP contribution in [-0.2, 0) is 0 Å². The van der Waals surface area contributed by atoms with Crippen molar-refractivity contribution in [3.05, 3.63) is 72.2 Å². The summed E-state index contributed by atoms with van der Waals surface area (Å²) < 4.78 is 5.24. The van der Waals surface area contributed by atoms with Gasteiger partial charge in [-0.05, 0) is 24.3 Å². The van der Waals surface area contributed by atoms with Gasteiger partial charge in [-0.2, -0.15) is 0 Å². The molecule has 0 saturated carbocycles. The third kappa shape index (κ3) is 4.15. The van der Waals surface area contributed by atoms with E-state index in [4.69, 9.17) is 4.74 Å². The molecule has 0 aliphatic carbocycles. The van der Waals surface area contributed by atoms with Crippen molar-refractivity contribution in [2.24, 2.45) is 0 Å². The zero-order valence-electron chi connectivity index (χ0n) is 15.8. The van der Waals surface area contributed by atoms with Gasteiger partial charge in [0.15, 0.2) is 0 Å². The Morgan fingerprint density at radius 1 is 1.00 bits per heavy atom. The van der Waals surface area contributed by atoms with E-state index in [2.05, 4.69) is 15.3 Å². The van der Waals surface area contributed by atoms with Crippen molar-refractivity contribution in [2.45, 2.75) is 0 Å². The van der Waals surface area contributed by atoms with Gasteiger partial charge in [-0.15, -0.1) is 0 Å². The average Bonchev–Trinajstić information content (AvgIpc) is 2.73. The van der Waals surface area contributed by atoms with Gasteiger partial charge in [0, 0.05) is 25.2 Å². The van der Waals surface area contributed by atoms with E-state index in [-0.39, 0.29) is 11.6 Å². The second kappa shape index (κ2) is 8.30. The highest BCUT2D eigenvalue weighted by atomic mass is 16.5. The predicted molar refractivity (Wildman–Crippen MR) is 106 cm³/mol. The van der Waals surface area contributed by atoms with Gasteiger partial charge in [-0.25, -0.2) is 4.98 Å². The topological polar surface area (TPSA) is 84.4 Å². The maximum Gasteiger partial charge on any atom is 0.275 e. The van der Waals surface area contributed by atoms with Crippen molar-refractivity contribution in [2.75, 3.05) is 26.5 Å². The Bertz CT molecular complexity index is 1000. The van der Waals surface area contributed by atoms with Crippen LogP contribution in [0.15, 0.2) is 60.9 Å². The minimum absolute atomic E-state index is 0.0810. The van der Waals surface area contributed by atoms with Crippen LogP contribution in [0.4, 0.5) is 5.69 Å². The number of nitrogens with zero attached hydrogens (tertiary/aromatic N) is 3. The number of ether oxygens (including phenoxy) is 1. The molecule has 0 saturated heterocycles. The van der Waals surface area contributed by atoms with Gasteiger partial charge in [0.1, 0.15) is 11.4 Å². The largest absolute Gasteiger partial charge is 0.495 e. The van der Waals surface area contributed by atoms with Crippen LogP contribution in [0.5, 0.6) is 5.75 Å². The van der Waals surface area contributed by atoms with E-state index in [9.17, 15) is 9.59 Å².